The van der Waals surface area contributed by atoms with Crippen molar-refractivity contribution in [3.8, 4) is 17.1 Å². The first-order valence-electron chi connectivity index (χ1n) is 6.68. The van der Waals surface area contributed by atoms with Gasteiger partial charge in [-0.05, 0) is 26.0 Å². The first-order chi connectivity index (χ1) is 10.7. The lowest BCUT2D eigenvalue weighted by molar-refractivity contribution is -0.140. The Labute approximate surface area is 129 Å². The minimum Gasteiger partial charge on any atom is -0.493 e. The van der Waals surface area contributed by atoms with E-state index < -0.39 is 17.7 Å². The van der Waals surface area contributed by atoms with Gasteiger partial charge in [0.15, 0.2) is 23.5 Å². The lowest BCUT2D eigenvalue weighted by Gasteiger charge is -2.13. The minimum atomic E-state index is -4.64. The van der Waals surface area contributed by atoms with Crippen molar-refractivity contribution in [1.82, 2.24) is 9.55 Å². The molecule has 0 saturated carbocycles. The van der Waals surface area contributed by atoms with E-state index in [0.717, 1.165) is 6.20 Å². The number of halogens is 4. The highest BCUT2D eigenvalue weighted by molar-refractivity contribution is 5.81. The fourth-order valence-corrected chi connectivity index (χ4v) is 2.17. The van der Waals surface area contributed by atoms with Gasteiger partial charge in [-0.15, -0.1) is 0 Å². The number of rotatable bonds is 4. The van der Waals surface area contributed by atoms with Crippen LogP contribution in [0.4, 0.5) is 17.6 Å². The lowest BCUT2D eigenvalue weighted by atomic mass is 10.1. The van der Waals surface area contributed by atoms with Crippen LogP contribution >= 0.6 is 0 Å². The third-order valence-corrected chi connectivity index (χ3v) is 3.28. The van der Waals surface area contributed by atoms with Crippen molar-refractivity contribution < 1.29 is 27.1 Å². The molecule has 0 saturated heterocycles. The molecule has 0 bridgehead atoms. The summed E-state index contributed by atoms with van der Waals surface area (Å²) >= 11 is 0. The molecule has 23 heavy (non-hydrogen) atoms. The molecule has 1 aromatic carbocycles. The van der Waals surface area contributed by atoms with Gasteiger partial charge in [0.2, 0.25) is 0 Å². The maximum absolute atomic E-state index is 14.5. The molecule has 0 aliphatic carbocycles. The quantitative estimate of drug-likeness (QED) is 0.626. The Morgan fingerprint density at radius 3 is 2.43 bits per heavy atom. The second kappa shape index (κ2) is 6.02. The van der Waals surface area contributed by atoms with Gasteiger partial charge in [0.05, 0.1) is 18.2 Å². The molecular weight excluding hydrogens is 316 g/mol. The molecule has 0 amide bonds. The molecule has 8 heteroatoms. The normalized spacial score (nSPS) is 11.8. The summed E-state index contributed by atoms with van der Waals surface area (Å²) in [6.45, 7) is 3.31. The summed E-state index contributed by atoms with van der Waals surface area (Å²) in [5, 5.41) is 0. The number of methoxy groups -OCH3 is 1. The summed E-state index contributed by atoms with van der Waals surface area (Å²) in [5.74, 6) is -1.44. The first-order valence-corrected chi connectivity index (χ1v) is 6.68. The van der Waals surface area contributed by atoms with E-state index in [1.165, 1.54) is 23.8 Å². The predicted octanol–water partition coefficient (Wildman–Crippen LogP) is 4.11. The zero-order chi connectivity index (χ0) is 17.4. The Balaban J connectivity index is 2.71. The van der Waals surface area contributed by atoms with E-state index >= 15 is 0 Å². The van der Waals surface area contributed by atoms with Gasteiger partial charge in [0.1, 0.15) is 5.82 Å². The number of benzene rings is 1. The van der Waals surface area contributed by atoms with E-state index in [1.54, 1.807) is 13.8 Å². The second-order valence-corrected chi connectivity index (χ2v) is 5.12. The van der Waals surface area contributed by atoms with Gasteiger partial charge in [-0.25, -0.2) is 9.37 Å². The van der Waals surface area contributed by atoms with Crippen LogP contribution in [0.15, 0.2) is 18.3 Å². The van der Waals surface area contributed by atoms with E-state index in [2.05, 4.69) is 4.98 Å². The maximum Gasteiger partial charge on any atom is 0.434 e. The van der Waals surface area contributed by atoms with Crippen molar-refractivity contribution in [2.75, 3.05) is 7.11 Å². The lowest BCUT2D eigenvalue weighted by Crippen LogP contribution is -2.05. The number of hydrogen-bond donors (Lipinski definition) is 0. The van der Waals surface area contributed by atoms with Gasteiger partial charge in [-0.1, -0.05) is 0 Å². The van der Waals surface area contributed by atoms with Crippen molar-refractivity contribution in [3.05, 3.63) is 35.4 Å². The fraction of sp³-hybridized carbons (Fsp3) is 0.333. The van der Waals surface area contributed by atoms with Crippen molar-refractivity contribution in [2.24, 2.45) is 0 Å². The topological polar surface area (TPSA) is 44.1 Å². The second-order valence-electron chi connectivity index (χ2n) is 5.12. The Kier molecular flexibility index (Phi) is 4.44. The third kappa shape index (κ3) is 3.06. The SMILES string of the molecule is COc1c(C=O)ccc(-c2nc(C(F)(F)F)cn2C(C)C)c1F. The molecule has 4 nitrogen and oxygen atoms in total. The van der Waals surface area contributed by atoms with Crippen molar-refractivity contribution in [1.29, 1.82) is 0 Å². The maximum atomic E-state index is 14.5. The average molecular weight is 330 g/mol. The molecule has 0 aliphatic heterocycles. The number of carbonyl (C=O) groups is 1. The van der Waals surface area contributed by atoms with Crippen LogP contribution in [0.3, 0.4) is 0 Å². The predicted molar refractivity (Wildman–Crippen MR) is 74.9 cm³/mol. The highest BCUT2D eigenvalue weighted by Crippen LogP contribution is 2.36. The molecule has 0 aliphatic rings. The highest BCUT2D eigenvalue weighted by atomic mass is 19.4. The van der Waals surface area contributed by atoms with E-state index in [4.69, 9.17) is 4.74 Å². The average Bonchev–Trinajstić information content (AvgIpc) is 2.92. The number of imidazole rings is 1. The standard InChI is InChI=1S/C15H14F4N2O2/c1-8(2)21-6-11(15(17,18)19)20-14(21)10-5-4-9(7-22)13(23-3)12(10)16/h4-8H,1-3H3. The van der Waals surface area contributed by atoms with Crippen LogP contribution < -0.4 is 4.74 Å². The van der Waals surface area contributed by atoms with Crippen molar-refractivity contribution in [2.45, 2.75) is 26.1 Å². The first kappa shape index (κ1) is 17.0. The van der Waals surface area contributed by atoms with Crippen LogP contribution in [-0.2, 0) is 6.18 Å². The van der Waals surface area contributed by atoms with Crippen LogP contribution in [0.25, 0.3) is 11.4 Å². The summed E-state index contributed by atoms with van der Waals surface area (Å²) < 4.78 is 59.3. The van der Waals surface area contributed by atoms with Gasteiger partial charge >= 0.3 is 6.18 Å². The molecule has 0 radical (unpaired) electrons. The third-order valence-electron chi connectivity index (χ3n) is 3.28. The summed E-state index contributed by atoms with van der Waals surface area (Å²) in [6.07, 6.45) is -3.40. The molecule has 124 valence electrons. The van der Waals surface area contributed by atoms with Crippen LogP contribution in [0.1, 0.15) is 35.9 Å². The highest BCUT2D eigenvalue weighted by Gasteiger charge is 2.35. The molecule has 1 heterocycles. The summed E-state index contributed by atoms with van der Waals surface area (Å²) in [7, 11) is 1.17. The molecule has 1 aromatic heterocycles. The van der Waals surface area contributed by atoms with E-state index in [9.17, 15) is 22.4 Å². The van der Waals surface area contributed by atoms with Crippen LogP contribution in [0.2, 0.25) is 0 Å². The number of aromatic nitrogens is 2. The number of aldehydes is 1. The molecule has 0 fully saturated rings. The van der Waals surface area contributed by atoms with Crippen LogP contribution in [0, 0.1) is 5.82 Å². The summed E-state index contributed by atoms with van der Waals surface area (Å²) in [6, 6.07) is 2.12. The van der Waals surface area contributed by atoms with Crippen molar-refractivity contribution in [3.63, 3.8) is 0 Å². The van der Waals surface area contributed by atoms with E-state index in [-0.39, 0.29) is 28.7 Å². The van der Waals surface area contributed by atoms with Gasteiger partial charge in [-0.2, -0.15) is 13.2 Å². The summed E-state index contributed by atoms with van der Waals surface area (Å²) in [5.41, 5.74) is -1.32. The Hall–Kier alpha value is -2.38. The molecule has 0 atom stereocenters. The minimum absolute atomic E-state index is 0.0348. The number of alkyl halides is 3. The zero-order valence-corrected chi connectivity index (χ0v) is 12.6. The molecule has 0 N–H and O–H groups in total. The molecular formula is C15H14F4N2O2. The number of nitrogens with zero attached hydrogens (tertiary/aromatic N) is 2. The molecule has 2 rings (SSSR count). The van der Waals surface area contributed by atoms with Gasteiger partial charge in [-0.3, -0.25) is 4.79 Å². The number of hydrogen-bond acceptors (Lipinski definition) is 3. The van der Waals surface area contributed by atoms with Gasteiger partial charge in [0.25, 0.3) is 0 Å². The Morgan fingerprint density at radius 1 is 1.30 bits per heavy atom. The fourth-order valence-electron chi connectivity index (χ4n) is 2.17. The summed E-state index contributed by atoms with van der Waals surface area (Å²) in [4.78, 5) is 14.4. The number of carbonyl (C=O) groups excluding carboxylic acids is 1. The Bertz CT molecular complexity index is 736. The van der Waals surface area contributed by atoms with Gasteiger partial charge in [0, 0.05) is 12.2 Å². The molecule has 0 spiro atoms. The van der Waals surface area contributed by atoms with Crippen molar-refractivity contribution >= 4 is 6.29 Å². The van der Waals surface area contributed by atoms with Crippen LogP contribution in [-0.4, -0.2) is 22.9 Å². The number of ether oxygens (including phenoxy) is 1. The van der Waals surface area contributed by atoms with E-state index in [0.29, 0.717) is 6.29 Å². The van der Waals surface area contributed by atoms with Crippen LogP contribution in [0.5, 0.6) is 5.75 Å². The Morgan fingerprint density at radius 2 is 1.96 bits per heavy atom. The molecule has 2 aromatic rings. The molecule has 0 unspecified atom stereocenters. The largest absolute Gasteiger partial charge is 0.493 e. The van der Waals surface area contributed by atoms with E-state index in [1.807, 2.05) is 0 Å². The smallest absolute Gasteiger partial charge is 0.434 e. The zero-order valence-electron chi connectivity index (χ0n) is 12.6. The van der Waals surface area contributed by atoms with Gasteiger partial charge < -0.3 is 9.30 Å². The monoisotopic (exact) mass is 330 g/mol.